The number of carboxylic acids is 1. The van der Waals surface area contributed by atoms with Crippen molar-refractivity contribution >= 4 is 5.97 Å². The first-order chi connectivity index (χ1) is 9.49. The van der Waals surface area contributed by atoms with Gasteiger partial charge in [-0.3, -0.25) is 4.79 Å². The van der Waals surface area contributed by atoms with Gasteiger partial charge in [0.25, 0.3) is 0 Å². The van der Waals surface area contributed by atoms with Gasteiger partial charge >= 0.3 is 5.97 Å². The highest BCUT2D eigenvalue weighted by Gasteiger charge is 2.59. The molecule has 2 rings (SSSR count). The van der Waals surface area contributed by atoms with E-state index in [0.717, 1.165) is 49.7 Å². The van der Waals surface area contributed by atoms with E-state index < -0.39 is 11.4 Å². The van der Waals surface area contributed by atoms with Crippen molar-refractivity contribution in [3.05, 3.63) is 35.4 Å². The summed E-state index contributed by atoms with van der Waals surface area (Å²) in [7, 11) is 0. The highest BCUT2D eigenvalue weighted by molar-refractivity contribution is 5.83. The molecule has 1 aromatic rings. The van der Waals surface area contributed by atoms with Gasteiger partial charge in [-0.15, -0.1) is 0 Å². The van der Waals surface area contributed by atoms with Crippen LogP contribution in [0.3, 0.4) is 0 Å². The minimum Gasteiger partial charge on any atom is -0.481 e. The second-order valence-corrected chi connectivity index (χ2v) is 6.56. The van der Waals surface area contributed by atoms with Crippen LogP contribution in [-0.2, 0) is 10.2 Å². The van der Waals surface area contributed by atoms with Gasteiger partial charge in [-0.05, 0) is 49.1 Å². The summed E-state index contributed by atoms with van der Waals surface area (Å²) in [4.78, 5) is 12.0. The zero-order valence-corrected chi connectivity index (χ0v) is 12.9. The molecule has 110 valence electrons. The first-order valence-electron chi connectivity index (χ1n) is 7.79. The SMILES string of the molecule is CCCC1(CCC)CC(C(=O)O)(c2ccccc2C)C1. The molecule has 0 heterocycles. The molecule has 0 spiro atoms. The van der Waals surface area contributed by atoms with Crippen molar-refractivity contribution < 1.29 is 9.90 Å². The monoisotopic (exact) mass is 274 g/mol. The van der Waals surface area contributed by atoms with E-state index in [0.29, 0.717) is 0 Å². The van der Waals surface area contributed by atoms with Crippen LogP contribution >= 0.6 is 0 Å². The van der Waals surface area contributed by atoms with E-state index in [4.69, 9.17) is 0 Å². The van der Waals surface area contributed by atoms with Gasteiger partial charge in [-0.25, -0.2) is 0 Å². The lowest BCUT2D eigenvalue weighted by molar-refractivity contribution is -0.155. The van der Waals surface area contributed by atoms with Gasteiger partial charge in [0.05, 0.1) is 5.41 Å². The van der Waals surface area contributed by atoms with Crippen LogP contribution in [0.1, 0.15) is 63.5 Å². The minimum atomic E-state index is -0.644. The number of benzene rings is 1. The topological polar surface area (TPSA) is 37.3 Å². The Balaban J connectivity index is 2.33. The number of hydrogen-bond acceptors (Lipinski definition) is 1. The molecule has 0 unspecified atom stereocenters. The lowest BCUT2D eigenvalue weighted by atomic mass is 9.47. The summed E-state index contributed by atoms with van der Waals surface area (Å²) in [5.74, 6) is -0.644. The van der Waals surface area contributed by atoms with E-state index in [2.05, 4.69) is 13.8 Å². The van der Waals surface area contributed by atoms with Crippen LogP contribution < -0.4 is 0 Å². The molecule has 0 atom stereocenters. The van der Waals surface area contributed by atoms with Crippen LogP contribution in [0.4, 0.5) is 0 Å². The molecule has 1 aliphatic carbocycles. The molecule has 0 aromatic heterocycles. The van der Waals surface area contributed by atoms with Gasteiger partial charge in [-0.2, -0.15) is 0 Å². The molecule has 0 saturated heterocycles. The third-order valence-corrected chi connectivity index (χ3v) is 4.98. The average Bonchev–Trinajstić information content (AvgIpc) is 2.36. The summed E-state index contributed by atoms with van der Waals surface area (Å²) in [5, 5.41) is 9.83. The minimum absolute atomic E-state index is 0.254. The van der Waals surface area contributed by atoms with Crippen LogP contribution in [0.25, 0.3) is 0 Å². The first kappa shape index (κ1) is 15.1. The molecule has 1 fully saturated rings. The fourth-order valence-corrected chi connectivity index (χ4v) is 4.33. The molecular formula is C18H26O2. The molecule has 1 aromatic carbocycles. The number of hydrogen-bond donors (Lipinski definition) is 1. The zero-order valence-electron chi connectivity index (χ0n) is 12.9. The molecule has 1 saturated carbocycles. The third-order valence-electron chi connectivity index (χ3n) is 4.98. The Morgan fingerprint density at radius 2 is 1.70 bits per heavy atom. The van der Waals surface area contributed by atoms with E-state index in [1.165, 1.54) is 0 Å². The Morgan fingerprint density at radius 1 is 1.15 bits per heavy atom. The lowest BCUT2D eigenvalue weighted by Crippen LogP contribution is -2.54. The summed E-state index contributed by atoms with van der Waals surface area (Å²) in [6.07, 6.45) is 6.21. The van der Waals surface area contributed by atoms with Crippen LogP contribution in [0, 0.1) is 12.3 Å². The van der Waals surface area contributed by atoms with Crippen LogP contribution in [0.5, 0.6) is 0 Å². The smallest absolute Gasteiger partial charge is 0.314 e. The van der Waals surface area contributed by atoms with E-state index in [1.54, 1.807) is 0 Å². The molecule has 2 nitrogen and oxygen atoms in total. The number of rotatable bonds is 6. The summed E-state index contributed by atoms with van der Waals surface area (Å²) < 4.78 is 0. The first-order valence-corrected chi connectivity index (χ1v) is 7.79. The van der Waals surface area contributed by atoms with Crippen molar-refractivity contribution in [1.82, 2.24) is 0 Å². The quantitative estimate of drug-likeness (QED) is 0.816. The maximum absolute atomic E-state index is 12.0. The van der Waals surface area contributed by atoms with Gasteiger partial charge in [0, 0.05) is 0 Å². The standard InChI is InChI=1S/C18H26O2/c1-4-10-17(11-5-2)12-18(13-17,16(19)20)15-9-7-6-8-14(15)3/h6-9H,4-5,10-13H2,1-3H3,(H,19,20). The van der Waals surface area contributed by atoms with Crippen LogP contribution in [0.2, 0.25) is 0 Å². The zero-order chi connectivity index (χ0) is 14.8. The number of aliphatic carboxylic acids is 1. The third kappa shape index (κ3) is 2.36. The molecule has 1 aliphatic rings. The Hall–Kier alpha value is -1.31. The van der Waals surface area contributed by atoms with Gasteiger partial charge < -0.3 is 5.11 Å². The summed E-state index contributed by atoms with van der Waals surface area (Å²) >= 11 is 0. The Kier molecular flexibility index (Phi) is 4.22. The van der Waals surface area contributed by atoms with Gasteiger partial charge in [0.15, 0.2) is 0 Å². The van der Waals surface area contributed by atoms with Crippen molar-refractivity contribution in [2.45, 2.75) is 64.7 Å². The molecule has 2 heteroatoms. The molecule has 0 bridgehead atoms. The molecule has 20 heavy (non-hydrogen) atoms. The molecule has 1 N–H and O–H groups in total. The van der Waals surface area contributed by atoms with E-state index in [-0.39, 0.29) is 5.41 Å². The lowest BCUT2D eigenvalue weighted by Gasteiger charge is -2.55. The van der Waals surface area contributed by atoms with Crippen molar-refractivity contribution in [2.24, 2.45) is 5.41 Å². The predicted molar refractivity (Wildman–Crippen MR) is 82.0 cm³/mol. The van der Waals surface area contributed by atoms with Crippen LogP contribution in [-0.4, -0.2) is 11.1 Å². The van der Waals surface area contributed by atoms with E-state index >= 15 is 0 Å². The van der Waals surface area contributed by atoms with Gasteiger partial charge in [0.2, 0.25) is 0 Å². The van der Waals surface area contributed by atoms with Gasteiger partial charge in [0.1, 0.15) is 0 Å². The summed E-state index contributed by atoms with van der Waals surface area (Å²) in [5.41, 5.74) is 1.74. The second-order valence-electron chi connectivity index (χ2n) is 6.56. The maximum Gasteiger partial charge on any atom is 0.314 e. The van der Waals surface area contributed by atoms with Gasteiger partial charge in [-0.1, -0.05) is 51.0 Å². The van der Waals surface area contributed by atoms with Crippen molar-refractivity contribution in [1.29, 1.82) is 0 Å². The number of carboxylic acid groups (broad SMARTS) is 1. The Labute approximate surface area is 122 Å². The average molecular weight is 274 g/mol. The fraction of sp³-hybridized carbons (Fsp3) is 0.611. The maximum atomic E-state index is 12.0. The predicted octanol–water partition coefficient (Wildman–Crippen LogP) is 4.70. The molecule has 0 radical (unpaired) electrons. The fourth-order valence-electron chi connectivity index (χ4n) is 4.33. The highest BCUT2D eigenvalue weighted by atomic mass is 16.4. The molecule has 0 aliphatic heterocycles. The number of carbonyl (C=O) groups is 1. The van der Waals surface area contributed by atoms with Crippen LogP contribution in [0.15, 0.2) is 24.3 Å². The normalized spacial score (nSPS) is 19.4. The van der Waals surface area contributed by atoms with Crippen molar-refractivity contribution in [2.75, 3.05) is 0 Å². The number of aryl methyl sites for hydroxylation is 1. The largest absolute Gasteiger partial charge is 0.481 e. The Morgan fingerprint density at radius 3 is 2.15 bits per heavy atom. The summed E-state index contributed by atoms with van der Waals surface area (Å²) in [6, 6.07) is 7.98. The molecular weight excluding hydrogens is 248 g/mol. The highest BCUT2D eigenvalue weighted by Crippen LogP contribution is 2.60. The van der Waals surface area contributed by atoms with E-state index in [1.807, 2.05) is 31.2 Å². The van der Waals surface area contributed by atoms with Crippen molar-refractivity contribution in [3.63, 3.8) is 0 Å². The van der Waals surface area contributed by atoms with Crippen molar-refractivity contribution in [3.8, 4) is 0 Å². The Bertz CT molecular complexity index is 476. The second kappa shape index (κ2) is 5.59. The van der Waals surface area contributed by atoms with E-state index in [9.17, 15) is 9.90 Å². The molecule has 0 amide bonds. The summed E-state index contributed by atoms with van der Waals surface area (Å²) in [6.45, 7) is 6.43.